The maximum atomic E-state index is 11.7. The average Bonchev–Trinajstić information content (AvgIpc) is 2.63. The van der Waals surface area contributed by atoms with Crippen molar-refractivity contribution in [1.82, 2.24) is 5.32 Å². The van der Waals surface area contributed by atoms with Crippen molar-refractivity contribution in [2.24, 2.45) is 5.92 Å². The molecule has 0 aliphatic carbocycles. The highest BCUT2D eigenvalue weighted by Crippen LogP contribution is 2.19. The van der Waals surface area contributed by atoms with Crippen LogP contribution in [0.2, 0.25) is 0 Å². The molecular weight excluding hydrogens is 274 g/mol. The van der Waals surface area contributed by atoms with Crippen LogP contribution in [0.1, 0.15) is 31.6 Å². The van der Waals surface area contributed by atoms with E-state index in [0.717, 1.165) is 17.3 Å². The standard InChI is InChI=1S/C11H16BrNOS/c1-3-8(4-2)11(14)13-6-10-5-9(12)7-15-10/h5,7-8H,3-4,6H2,1-2H3,(H,13,14). The van der Waals surface area contributed by atoms with Crippen LogP contribution in [0.25, 0.3) is 0 Å². The zero-order valence-electron chi connectivity index (χ0n) is 9.05. The Labute approximate surface area is 103 Å². The van der Waals surface area contributed by atoms with Crippen molar-refractivity contribution in [2.75, 3.05) is 0 Å². The van der Waals surface area contributed by atoms with Crippen molar-refractivity contribution in [2.45, 2.75) is 33.2 Å². The summed E-state index contributed by atoms with van der Waals surface area (Å²) in [6.45, 7) is 4.75. The molecule has 0 aromatic carbocycles. The molecule has 1 rings (SSSR count). The molecular formula is C11H16BrNOS. The molecule has 0 fully saturated rings. The summed E-state index contributed by atoms with van der Waals surface area (Å²) in [7, 11) is 0. The summed E-state index contributed by atoms with van der Waals surface area (Å²) >= 11 is 5.05. The number of nitrogens with one attached hydrogen (secondary N) is 1. The zero-order chi connectivity index (χ0) is 11.3. The lowest BCUT2D eigenvalue weighted by molar-refractivity contribution is -0.125. The predicted octanol–water partition coefficient (Wildman–Crippen LogP) is 3.56. The normalized spacial score (nSPS) is 10.7. The van der Waals surface area contributed by atoms with Gasteiger partial charge in [0.15, 0.2) is 0 Å². The maximum Gasteiger partial charge on any atom is 0.223 e. The van der Waals surface area contributed by atoms with Gasteiger partial charge in [-0.1, -0.05) is 13.8 Å². The Bertz CT molecular complexity index is 320. The summed E-state index contributed by atoms with van der Waals surface area (Å²) < 4.78 is 1.08. The van der Waals surface area contributed by atoms with Gasteiger partial charge in [-0.05, 0) is 34.8 Å². The van der Waals surface area contributed by atoms with E-state index in [0.29, 0.717) is 6.54 Å². The first-order valence-electron chi connectivity index (χ1n) is 5.18. The summed E-state index contributed by atoms with van der Waals surface area (Å²) in [5.74, 6) is 0.331. The van der Waals surface area contributed by atoms with Crippen LogP contribution >= 0.6 is 27.3 Å². The number of amides is 1. The fraction of sp³-hybridized carbons (Fsp3) is 0.545. The van der Waals surface area contributed by atoms with Crippen molar-refractivity contribution in [1.29, 1.82) is 0 Å². The second-order valence-corrected chi connectivity index (χ2v) is 5.37. The van der Waals surface area contributed by atoms with Gasteiger partial charge < -0.3 is 5.32 Å². The van der Waals surface area contributed by atoms with E-state index >= 15 is 0 Å². The molecule has 0 spiro atoms. The first-order chi connectivity index (χ1) is 7.17. The largest absolute Gasteiger partial charge is 0.351 e. The molecule has 1 aromatic heterocycles. The van der Waals surface area contributed by atoms with Gasteiger partial charge >= 0.3 is 0 Å². The molecule has 2 nitrogen and oxygen atoms in total. The Kier molecular flexibility index (Phi) is 5.32. The number of rotatable bonds is 5. The molecule has 84 valence electrons. The fourth-order valence-corrected chi connectivity index (χ4v) is 2.82. The fourth-order valence-electron chi connectivity index (χ4n) is 1.42. The van der Waals surface area contributed by atoms with E-state index in [2.05, 4.69) is 35.1 Å². The third-order valence-electron chi connectivity index (χ3n) is 2.42. The highest BCUT2D eigenvalue weighted by molar-refractivity contribution is 9.10. The van der Waals surface area contributed by atoms with Crippen molar-refractivity contribution in [3.63, 3.8) is 0 Å². The second-order valence-electron chi connectivity index (χ2n) is 3.46. The number of halogens is 1. The van der Waals surface area contributed by atoms with Gasteiger partial charge in [0.1, 0.15) is 0 Å². The lowest BCUT2D eigenvalue weighted by Crippen LogP contribution is -2.29. The smallest absolute Gasteiger partial charge is 0.223 e. The molecule has 4 heteroatoms. The van der Waals surface area contributed by atoms with E-state index in [1.54, 1.807) is 11.3 Å². The van der Waals surface area contributed by atoms with Crippen molar-refractivity contribution in [3.8, 4) is 0 Å². The van der Waals surface area contributed by atoms with E-state index in [1.807, 2.05) is 11.4 Å². The van der Waals surface area contributed by atoms with Crippen LogP contribution in [0, 0.1) is 5.92 Å². The van der Waals surface area contributed by atoms with E-state index < -0.39 is 0 Å². The van der Waals surface area contributed by atoms with Crippen LogP contribution in [-0.4, -0.2) is 5.91 Å². The summed E-state index contributed by atoms with van der Waals surface area (Å²) in [6.07, 6.45) is 1.83. The zero-order valence-corrected chi connectivity index (χ0v) is 11.5. The maximum absolute atomic E-state index is 11.7. The number of carbonyl (C=O) groups is 1. The lowest BCUT2D eigenvalue weighted by atomic mass is 10.0. The highest BCUT2D eigenvalue weighted by atomic mass is 79.9. The molecule has 0 saturated carbocycles. The number of hydrogen-bond donors (Lipinski definition) is 1. The molecule has 0 saturated heterocycles. The molecule has 0 unspecified atom stereocenters. The van der Waals surface area contributed by atoms with Crippen LogP contribution in [0.4, 0.5) is 0 Å². The van der Waals surface area contributed by atoms with Gasteiger partial charge in [0.05, 0.1) is 6.54 Å². The Morgan fingerprint density at radius 1 is 1.53 bits per heavy atom. The van der Waals surface area contributed by atoms with Gasteiger partial charge in [-0.3, -0.25) is 4.79 Å². The van der Waals surface area contributed by atoms with Crippen LogP contribution in [-0.2, 0) is 11.3 Å². The van der Waals surface area contributed by atoms with Gasteiger partial charge in [0.25, 0.3) is 0 Å². The molecule has 0 atom stereocenters. The molecule has 1 N–H and O–H groups in total. The molecule has 0 radical (unpaired) electrons. The van der Waals surface area contributed by atoms with E-state index in [1.165, 1.54) is 4.88 Å². The molecule has 1 heterocycles. The van der Waals surface area contributed by atoms with Crippen LogP contribution in [0.5, 0.6) is 0 Å². The van der Waals surface area contributed by atoms with E-state index in [4.69, 9.17) is 0 Å². The Morgan fingerprint density at radius 2 is 2.20 bits per heavy atom. The number of thiophene rings is 1. The first-order valence-corrected chi connectivity index (χ1v) is 6.85. The molecule has 1 amide bonds. The average molecular weight is 290 g/mol. The molecule has 0 aliphatic rings. The van der Waals surface area contributed by atoms with Crippen molar-refractivity contribution in [3.05, 3.63) is 20.8 Å². The third-order valence-corrected chi connectivity index (χ3v) is 4.11. The van der Waals surface area contributed by atoms with E-state index in [9.17, 15) is 4.79 Å². The molecule has 1 aromatic rings. The van der Waals surface area contributed by atoms with Gasteiger partial charge in [-0.15, -0.1) is 11.3 Å². The topological polar surface area (TPSA) is 29.1 Å². The van der Waals surface area contributed by atoms with Gasteiger partial charge in [-0.2, -0.15) is 0 Å². The summed E-state index contributed by atoms with van der Waals surface area (Å²) in [5.41, 5.74) is 0. The minimum absolute atomic E-state index is 0.161. The summed E-state index contributed by atoms with van der Waals surface area (Å²) in [6, 6.07) is 2.04. The van der Waals surface area contributed by atoms with Gasteiger partial charge in [0, 0.05) is 20.6 Å². The minimum Gasteiger partial charge on any atom is -0.351 e. The molecule has 15 heavy (non-hydrogen) atoms. The van der Waals surface area contributed by atoms with Crippen LogP contribution in [0.3, 0.4) is 0 Å². The van der Waals surface area contributed by atoms with Crippen molar-refractivity contribution >= 4 is 33.2 Å². The monoisotopic (exact) mass is 289 g/mol. The summed E-state index contributed by atoms with van der Waals surface area (Å²) in [4.78, 5) is 12.8. The van der Waals surface area contributed by atoms with Crippen LogP contribution < -0.4 is 5.32 Å². The number of carbonyl (C=O) groups excluding carboxylic acids is 1. The second kappa shape index (κ2) is 6.28. The van der Waals surface area contributed by atoms with E-state index in [-0.39, 0.29) is 11.8 Å². The molecule has 0 bridgehead atoms. The quantitative estimate of drug-likeness (QED) is 0.882. The third kappa shape index (κ3) is 3.95. The number of hydrogen-bond acceptors (Lipinski definition) is 2. The van der Waals surface area contributed by atoms with Crippen LogP contribution in [0.15, 0.2) is 15.9 Å². The highest BCUT2D eigenvalue weighted by Gasteiger charge is 2.13. The van der Waals surface area contributed by atoms with Gasteiger partial charge in [0.2, 0.25) is 5.91 Å². The Hall–Kier alpha value is -0.350. The Morgan fingerprint density at radius 3 is 2.67 bits per heavy atom. The lowest BCUT2D eigenvalue weighted by Gasteiger charge is -2.11. The SMILES string of the molecule is CCC(CC)C(=O)NCc1cc(Br)cs1. The molecule has 0 aliphatic heterocycles. The first kappa shape index (κ1) is 12.7. The van der Waals surface area contributed by atoms with Crippen molar-refractivity contribution < 1.29 is 4.79 Å². The summed E-state index contributed by atoms with van der Waals surface area (Å²) in [5, 5.41) is 4.99. The van der Waals surface area contributed by atoms with Gasteiger partial charge in [-0.25, -0.2) is 0 Å². The minimum atomic E-state index is 0.161. The predicted molar refractivity (Wildman–Crippen MR) is 67.9 cm³/mol. The Balaban J connectivity index is 2.40.